The molecule has 1 saturated heterocycles. The average Bonchev–Trinajstić information content (AvgIpc) is 3.11. The summed E-state index contributed by atoms with van der Waals surface area (Å²) in [5, 5.41) is 2.73. The van der Waals surface area contributed by atoms with Crippen LogP contribution in [0.1, 0.15) is 25.3 Å². The number of nitrogens with one attached hydrogen (secondary N) is 1. The molecule has 1 N–H and O–H groups in total. The largest absolute Gasteiger partial charge is 0.494 e. The minimum absolute atomic E-state index is 0.00126. The number of urea groups is 1. The Balaban J connectivity index is 1.52. The number of ether oxygens (including phenoxy) is 1. The fourth-order valence-electron chi connectivity index (χ4n) is 4.12. The van der Waals surface area contributed by atoms with Crippen LogP contribution in [-0.2, 0) is 16.0 Å². The third kappa shape index (κ3) is 6.11. The molecule has 1 unspecified atom stereocenters. The molecule has 0 bridgehead atoms. The zero-order valence-electron chi connectivity index (χ0n) is 20.3. The van der Waals surface area contributed by atoms with Crippen molar-refractivity contribution in [2.75, 3.05) is 23.4 Å². The van der Waals surface area contributed by atoms with Crippen LogP contribution in [-0.4, -0.2) is 41.9 Å². The van der Waals surface area contributed by atoms with Crippen molar-refractivity contribution in [2.24, 2.45) is 0 Å². The monoisotopic (exact) mass is 507 g/mol. The lowest BCUT2D eigenvalue weighted by Crippen LogP contribution is -2.39. The predicted molar refractivity (Wildman–Crippen MR) is 135 cm³/mol. The fourth-order valence-corrected chi connectivity index (χ4v) is 4.12. The molecule has 0 aliphatic carbocycles. The summed E-state index contributed by atoms with van der Waals surface area (Å²) in [6.07, 6.45) is 0.689. The predicted octanol–water partition coefficient (Wildman–Crippen LogP) is 5.16. The zero-order valence-corrected chi connectivity index (χ0v) is 20.3. The van der Waals surface area contributed by atoms with Gasteiger partial charge in [0.2, 0.25) is 5.91 Å². The number of hydrogen-bond acceptors (Lipinski definition) is 4. The van der Waals surface area contributed by atoms with E-state index >= 15 is 0 Å². The second-order valence-electron chi connectivity index (χ2n) is 8.61. The third-order valence-corrected chi connectivity index (χ3v) is 5.95. The van der Waals surface area contributed by atoms with Crippen LogP contribution in [0.5, 0.6) is 5.75 Å². The van der Waals surface area contributed by atoms with Gasteiger partial charge >= 0.3 is 6.03 Å². The molecule has 1 heterocycles. The van der Waals surface area contributed by atoms with Crippen molar-refractivity contribution in [3.8, 4) is 5.75 Å². The lowest BCUT2D eigenvalue weighted by atomic mass is 10.1. The van der Waals surface area contributed by atoms with E-state index in [2.05, 4.69) is 5.32 Å². The van der Waals surface area contributed by atoms with E-state index in [-0.39, 0.29) is 25.1 Å². The molecular weight excluding hydrogens is 480 g/mol. The fraction of sp³-hybridized carbons (Fsp3) is 0.250. The van der Waals surface area contributed by atoms with Gasteiger partial charge in [-0.05, 0) is 66.9 Å². The first kappa shape index (κ1) is 25.8. The normalized spacial score (nSPS) is 15.3. The van der Waals surface area contributed by atoms with Gasteiger partial charge in [-0.2, -0.15) is 0 Å². The summed E-state index contributed by atoms with van der Waals surface area (Å²) in [6, 6.07) is 16.2. The minimum Gasteiger partial charge on any atom is -0.494 e. The van der Waals surface area contributed by atoms with Gasteiger partial charge in [-0.3, -0.25) is 9.59 Å². The van der Waals surface area contributed by atoms with Crippen LogP contribution in [0.15, 0.2) is 72.8 Å². The summed E-state index contributed by atoms with van der Waals surface area (Å²) in [6.45, 7) is 2.57. The Kier molecular flexibility index (Phi) is 8.12. The SMILES string of the molecule is CCCOc1ccc(NC(=O)CC2C(=O)N(c3cccc(F)c3)C(=O)N2CCc2ccccc2F)cc1. The molecular formula is C28H27F2N3O4. The van der Waals surface area contributed by atoms with Gasteiger partial charge in [0, 0.05) is 12.2 Å². The molecule has 9 heteroatoms. The van der Waals surface area contributed by atoms with Gasteiger partial charge in [-0.25, -0.2) is 18.5 Å². The van der Waals surface area contributed by atoms with Crippen molar-refractivity contribution in [1.29, 1.82) is 0 Å². The summed E-state index contributed by atoms with van der Waals surface area (Å²) in [7, 11) is 0. The van der Waals surface area contributed by atoms with Gasteiger partial charge in [-0.15, -0.1) is 0 Å². The van der Waals surface area contributed by atoms with Crippen LogP contribution in [0, 0.1) is 11.6 Å². The smallest absolute Gasteiger partial charge is 0.332 e. The first-order valence-electron chi connectivity index (χ1n) is 12.0. The molecule has 3 aromatic rings. The van der Waals surface area contributed by atoms with Crippen LogP contribution in [0.3, 0.4) is 0 Å². The Hall–Kier alpha value is -4.27. The van der Waals surface area contributed by atoms with Crippen molar-refractivity contribution < 1.29 is 27.9 Å². The maximum absolute atomic E-state index is 14.2. The zero-order chi connectivity index (χ0) is 26.4. The quantitative estimate of drug-likeness (QED) is 0.385. The second kappa shape index (κ2) is 11.6. The summed E-state index contributed by atoms with van der Waals surface area (Å²) < 4.78 is 33.6. The van der Waals surface area contributed by atoms with Gasteiger partial charge in [0.15, 0.2) is 0 Å². The molecule has 1 atom stereocenters. The van der Waals surface area contributed by atoms with E-state index in [4.69, 9.17) is 4.74 Å². The molecule has 4 rings (SSSR count). The van der Waals surface area contributed by atoms with Gasteiger partial charge in [-0.1, -0.05) is 31.2 Å². The Bertz CT molecular complexity index is 1280. The van der Waals surface area contributed by atoms with Crippen molar-refractivity contribution in [1.82, 2.24) is 4.90 Å². The molecule has 192 valence electrons. The number of carbonyl (C=O) groups excluding carboxylic acids is 3. The number of amides is 4. The van der Waals surface area contributed by atoms with E-state index in [1.54, 1.807) is 42.5 Å². The summed E-state index contributed by atoms with van der Waals surface area (Å²) in [5.41, 5.74) is 0.947. The number of nitrogens with zero attached hydrogens (tertiary/aromatic N) is 2. The van der Waals surface area contributed by atoms with E-state index in [1.165, 1.54) is 29.2 Å². The highest BCUT2D eigenvalue weighted by molar-refractivity contribution is 6.22. The topological polar surface area (TPSA) is 79.0 Å². The van der Waals surface area contributed by atoms with Crippen molar-refractivity contribution >= 4 is 29.2 Å². The molecule has 0 saturated carbocycles. The molecule has 7 nitrogen and oxygen atoms in total. The van der Waals surface area contributed by atoms with Crippen molar-refractivity contribution in [3.63, 3.8) is 0 Å². The third-order valence-electron chi connectivity index (χ3n) is 5.95. The maximum atomic E-state index is 14.2. The number of rotatable bonds is 10. The highest BCUT2D eigenvalue weighted by Gasteiger charge is 2.46. The lowest BCUT2D eigenvalue weighted by Gasteiger charge is -2.21. The first-order chi connectivity index (χ1) is 17.9. The Morgan fingerprint density at radius 1 is 1.00 bits per heavy atom. The Morgan fingerprint density at radius 2 is 1.76 bits per heavy atom. The summed E-state index contributed by atoms with van der Waals surface area (Å²) >= 11 is 0. The maximum Gasteiger partial charge on any atom is 0.332 e. The van der Waals surface area contributed by atoms with Crippen LogP contribution in [0.2, 0.25) is 0 Å². The standard InChI is InChI=1S/C28H27F2N3O4/c1-2-16-37-23-12-10-21(11-13-23)31-26(34)18-25-27(35)33(22-8-5-7-20(29)17-22)28(36)32(25)15-14-19-6-3-4-9-24(19)30/h3-13,17,25H,2,14-16,18H2,1H3,(H,31,34). The van der Waals surface area contributed by atoms with Crippen LogP contribution >= 0.6 is 0 Å². The number of carbonyl (C=O) groups is 3. The van der Waals surface area contributed by atoms with Gasteiger partial charge < -0.3 is 15.0 Å². The molecule has 4 amide bonds. The number of benzene rings is 3. The van der Waals surface area contributed by atoms with Crippen LogP contribution < -0.4 is 15.0 Å². The molecule has 0 aromatic heterocycles. The average molecular weight is 508 g/mol. The number of imide groups is 1. The Labute approximate surface area is 213 Å². The first-order valence-corrected chi connectivity index (χ1v) is 12.0. The molecule has 0 spiro atoms. The van der Waals surface area contributed by atoms with E-state index < -0.39 is 35.5 Å². The van der Waals surface area contributed by atoms with Crippen LogP contribution in [0.25, 0.3) is 0 Å². The highest BCUT2D eigenvalue weighted by Crippen LogP contribution is 2.28. The van der Waals surface area contributed by atoms with Gasteiger partial charge in [0.25, 0.3) is 5.91 Å². The van der Waals surface area contributed by atoms with Gasteiger partial charge in [0.1, 0.15) is 23.4 Å². The number of anilines is 2. The highest BCUT2D eigenvalue weighted by atomic mass is 19.1. The minimum atomic E-state index is -1.13. The van der Waals surface area contributed by atoms with Gasteiger partial charge in [0.05, 0.1) is 18.7 Å². The molecule has 1 aliphatic rings. The van der Waals surface area contributed by atoms with Crippen molar-refractivity contribution in [2.45, 2.75) is 32.2 Å². The van der Waals surface area contributed by atoms with E-state index in [9.17, 15) is 23.2 Å². The molecule has 1 aliphatic heterocycles. The molecule has 37 heavy (non-hydrogen) atoms. The number of hydrogen-bond donors (Lipinski definition) is 1. The van der Waals surface area contributed by atoms with Crippen molar-refractivity contribution in [3.05, 3.63) is 90.0 Å². The van der Waals surface area contributed by atoms with E-state index in [1.807, 2.05) is 6.92 Å². The Morgan fingerprint density at radius 3 is 2.46 bits per heavy atom. The lowest BCUT2D eigenvalue weighted by molar-refractivity contribution is -0.124. The molecule has 0 radical (unpaired) electrons. The second-order valence-corrected chi connectivity index (χ2v) is 8.61. The molecule has 3 aromatic carbocycles. The number of halogens is 2. The summed E-state index contributed by atoms with van der Waals surface area (Å²) in [5.74, 6) is -1.50. The van der Waals surface area contributed by atoms with Crippen LogP contribution in [0.4, 0.5) is 25.0 Å². The van der Waals surface area contributed by atoms with E-state index in [0.717, 1.165) is 17.4 Å². The van der Waals surface area contributed by atoms with E-state index in [0.29, 0.717) is 23.6 Å². The summed E-state index contributed by atoms with van der Waals surface area (Å²) in [4.78, 5) is 41.6. The molecule has 1 fully saturated rings.